The topological polar surface area (TPSA) is 41.1 Å². The minimum absolute atomic E-state index is 0.210. The van der Waals surface area contributed by atoms with Gasteiger partial charge in [-0.1, -0.05) is 20.3 Å². The van der Waals surface area contributed by atoms with Crippen molar-refractivity contribution in [3.63, 3.8) is 0 Å². The molecule has 2 unspecified atom stereocenters. The van der Waals surface area contributed by atoms with Crippen molar-refractivity contribution in [2.45, 2.75) is 45.6 Å². The van der Waals surface area contributed by atoms with Crippen molar-refractivity contribution in [2.75, 3.05) is 13.1 Å². The van der Waals surface area contributed by atoms with Gasteiger partial charge < -0.3 is 10.6 Å². The van der Waals surface area contributed by atoms with Crippen molar-refractivity contribution in [2.24, 2.45) is 11.3 Å². The summed E-state index contributed by atoms with van der Waals surface area (Å²) in [7, 11) is 0. The summed E-state index contributed by atoms with van der Waals surface area (Å²) in [6, 6.07) is 0.394. The van der Waals surface area contributed by atoms with Crippen LogP contribution in [0.4, 0.5) is 0 Å². The van der Waals surface area contributed by atoms with Crippen molar-refractivity contribution >= 4 is 5.91 Å². The van der Waals surface area contributed by atoms with E-state index in [2.05, 4.69) is 24.5 Å². The van der Waals surface area contributed by atoms with Gasteiger partial charge in [0.2, 0.25) is 5.91 Å². The molecule has 2 aliphatic rings. The number of hydrogen-bond acceptors (Lipinski definition) is 2. The SMILES string of the molecule is CC1(C)CCCC1NC(=O)C1CCNC1. The molecule has 3 nitrogen and oxygen atoms in total. The molecule has 1 saturated carbocycles. The first-order valence-corrected chi connectivity index (χ1v) is 6.11. The van der Waals surface area contributed by atoms with Crippen LogP contribution in [0.2, 0.25) is 0 Å². The standard InChI is InChI=1S/C12H22N2O/c1-12(2)6-3-4-10(12)14-11(15)9-5-7-13-8-9/h9-10,13H,3-8H2,1-2H3,(H,14,15). The summed E-state index contributed by atoms with van der Waals surface area (Å²) in [6.07, 6.45) is 4.64. The average Bonchev–Trinajstić information content (AvgIpc) is 2.76. The van der Waals surface area contributed by atoms with Crippen molar-refractivity contribution < 1.29 is 4.79 Å². The molecule has 1 saturated heterocycles. The van der Waals surface area contributed by atoms with Gasteiger partial charge in [-0.15, -0.1) is 0 Å². The van der Waals surface area contributed by atoms with E-state index in [1.54, 1.807) is 0 Å². The molecule has 0 aromatic heterocycles. The molecule has 15 heavy (non-hydrogen) atoms. The Kier molecular flexibility index (Phi) is 3.01. The second kappa shape index (κ2) is 4.12. The van der Waals surface area contributed by atoms with Gasteiger partial charge in [0, 0.05) is 12.6 Å². The van der Waals surface area contributed by atoms with Gasteiger partial charge in [0.1, 0.15) is 0 Å². The third-order valence-corrected chi connectivity index (χ3v) is 4.00. The Morgan fingerprint density at radius 1 is 1.40 bits per heavy atom. The summed E-state index contributed by atoms with van der Waals surface area (Å²) >= 11 is 0. The van der Waals surface area contributed by atoms with E-state index in [1.165, 1.54) is 12.8 Å². The van der Waals surface area contributed by atoms with Crippen LogP contribution in [0.5, 0.6) is 0 Å². The van der Waals surface area contributed by atoms with Crippen LogP contribution >= 0.6 is 0 Å². The normalized spacial score (nSPS) is 34.3. The van der Waals surface area contributed by atoms with Crippen LogP contribution in [0.15, 0.2) is 0 Å². The Bertz CT molecular complexity index is 244. The zero-order valence-electron chi connectivity index (χ0n) is 9.81. The highest BCUT2D eigenvalue weighted by Gasteiger charge is 2.36. The van der Waals surface area contributed by atoms with Gasteiger partial charge in [0.15, 0.2) is 0 Å². The van der Waals surface area contributed by atoms with E-state index < -0.39 is 0 Å². The number of carbonyl (C=O) groups is 1. The summed E-state index contributed by atoms with van der Waals surface area (Å²) in [6.45, 7) is 6.38. The van der Waals surface area contributed by atoms with Crippen LogP contribution in [0, 0.1) is 11.3 Å². The molecule has 1 amide bonds. The molecule has 86 valence electrons. The molecule has 1 heterocycles. The van der Waals surface area contributed by atoms with E-state index in [9.17, 15) is 4.79 Å². The smallest absolute Gasteiger partial charge is 0.224 e. The first-order valence-electron chi connectivity index (χ1n) is 6.11. The van der Waals surface area contributed by atoms with Gasteiger partial charge >= 0.3 is 0 Å². The number of hydrogen-bond donors (Lipinski definition) is 2. The lowest BCUT2D eigenvalue weighted by molar-refractivity contribution is -0.125. The quantitative estimate of drug-likeness (QED) is 0.721. The van der Waals surface area contributed by atoms with Crippen molar-refractivity contribution in [1.82, 2.24) is 10.6 Å². The minimum Gasteiger partial charge on any atom is -0.353 e. The molecule has 2 fully saturated rings. The lowest BCUT2D eigenvalue weighted by atomic mass is 9.87. The molecular weight excluding hydrogens is 188 g/mol. The molecule has 0 bridgehead atoms. The number of nitrogens with one attached hydrogen (secondary N) is 2. The van der Waals surface area contributed by atoms with Gasteiger partial charge in [-0.25, -0.2) is 0 Å². The third kappa shape index (κ3) is 2.33. The maximum Gasteiger partial charge on any atom is 0.224 e. The fourth-order valence-corrected chi connectivity index (χ4v) is 2.76. The van der Waals surface area contributed by atoms with Crippen LogP contribution in [-0.4, -0.2) is 25.0 Å². The summed E-state index contributed by atoms with van der Waals surface area (Å²) in [4.78, 5) is 11.9. The molecule has 0 spiro atoms. The largest absolute Gasteiger partial charge is 0.353 e. The Morgan fingerprint density at radius 3 is 2.73 bits per heavy atom. The molecule has 0 radical (unpaired) electrons. The van der Waals surface area contributed by atoms with Crippen molar-refractivity contribution in [1.29, 1.82) is 0 Å². The molecule has 2 rings (SSSR count). The van der Waals surface area contributed by atoms with Crippen molar-refractivity contribution in [3.05, 3.63) is 0 Å². The molecule has 3 heteroatoms. The first-order chi connectivity index (χ1) is 7.09. The number of rotatable bonds is 2. The van der Waals surface area contributed by atoms with E-state index in [-0.39, 0.29) is 11.8 Å². The van der Waals surface area contributed by atoms with Crippen LogP contribution in [0.25, 0.3) is 0 Å². The fraction of sp³-hybridized carbons (Fsp3) is 0.917. The molecule has 0 aromatic carbocycles. The molecule has 1 aliphatic heterocycles. The zero-order valence-corrected chi connectivity index (χ0v) is 9.81. The van der Waals surface area contributed by atoms with E-state index >= 15 is 0 Å². The highest BCUT2D eigenvalue weighted by Crippen LogP contribution is 2.37. The van der Waals surface area contributed by atoms with Crippen LogP contribution in [0.3, 0.4) is 0 Å². The first kappa shape index (κ1) is 10.9. The Labute approximate surface area is 92.0 Å². The second-order valence-electron chi connectivity index (χ2n) is 5.63. The van der Waals surface area contributed by atoms with Crippen LogP contribution in [-0.2, 0) is 4.79 Å². The van der Waals surface area contributed by atoms with Crippen LogP contribution < -0.4 is 10.6 Å². The van der Waals surface area contributed by atoms with Gasteiger partial charge in [0.25, 0.3) is 0 Å². The second-order valence-corrected chi connectivity index (χ2v) is 5.63. The minimum atomic E-state index is 0.210. The van der Waals surface area contributed by atoms with Gasteiger partial charge in [0.05, 0.1) is 5.92 Å². The summed E-state index contributed by atoms with van der Waals surface area (Å²) < 4.78 is 0. The lowest BCUT2D eigenvalue weighted by Crippen LogP contribution is -2.44. The highest BCUT2D eigenvalue weighted by atomic mass is 16.2. The Hall–Kier alpha value is -0.570. The number of carbonyl (C=O) groups excluding carboxylic acids is 1. The summed E-state index contributed by atoms with van der Waals surface area (Å²) in [5.41, 5.74) is 0.293. The third-order valence-electron chi connectivity index (χ3n) is 4.00. The molecule has 2 N–H and O–H groups in total. The van der Waals surface area contributed by atoms with E-state index in [4.69, 9.17) is 0 Å². The maximum absolute atomic E-state index is 11.9. The zero-order chi connectivity index (χ0) is 10.9. The fourth-order valence-electron chi connectivity index (χ4n) is 2.76. The molecular formula is C12H22N2O. The summed E-state index contributed by atoms with van der Waals surface area (Å²) in [5, 5.41) is 6.47. The molecule has 0 aromatic rings. The lowest BCUT2D eigenvalue weighted by Gasteiger charge is -2.28. The molecule has 2 atom stereocenters. The average molecular weight is 210 g/mol. The Morgan fingerprint density at radius 2 is 2.20 bits per heavy atom. The predicted molar refractivity (Wildman–Crippen MR) is 60.5 cm³/mol. The highest BCUT2D eigenvalue weighted by molar-refractivity contribution is 5.79. The Balaban J connectivity index is 1.88. The maximum atomic E-state index is 11.9. The van der Waals surface area contributed by atoms with Gasteiger partial charge in [-0.3, -0.25) is 4.79 Å². The monoisotopic (exact) mass is 210 g/mol. The van der Waals surface area contributed by atoms with E-state index in [1.807, 2.05) is 0 Å². The van der Waals surface area contributed by atoms with E-state index in [0.717, 1.165) is 25.9 Å². The summed E-state index contributed by atoms with van der Waals surface area (Å²) in [5.74, 6) is 0.473. The van der Waals surface area contributed by atoms with E-state index in [0.29, 0.717) is 11.5 Å². The number of amides is 1. The van der Waals surface area contributed by atoms with Crippen LogP contribution in [0.1, 0.15) is 39.5 Å². The van der Waals surface area contributed by atoms with Crippen molar-refractivity contribution in [3.8, 4) is 0 Å². The predicted octanol–water partition coefficient (Wildman–Crippen LogP) is 1.29. The van der Waals surface area contributed by atoms with Gasteiger partial charge in [-0.2, -0.15) is 0 Å². The van der Waals surface area contributed by atoms with Gasteiger partial charge in [-0.05, 0) is 31.2 Å². The molecule has 1 aliphatic carbocycles.